The van der Waals surface area contributed by atoms with Gasteiger partial charge in [0.1, 0.15) is 12.3 Å². The molecule has 9 nitrogen and oxygen atoms in total. The predicted molar refractivity (Wildman–Crippen MR) is 126 cm³/mol. The van der Waals surface area contributed by atoms with E-state index in [0.717, 1.165) is 14.9 Å². The number of benzene rings is 2. The van der Waals surface area contributed by atoms with Crippen molar-refractivity contribution in [2.75, 3.05) is 13.2 Å². The maximum Gasteiger partial charge on any atom is 0.326 e. The molecule has 0 radical (unpaired) electrons. The van der Waals surface area contributed by atoms with Crippen LogP contribution in [-0.4, -0.2) is 34.6 Å². The number of nitro benzene ring substituents is 1. The van der Waals surface area contributed by atoms with Crippen molar-refractivity contribution in [1.29, 1.82) is 0 Å². The number of fused-ring (bicyclic) bond motifs is 2. The Morgan fingerprint density at radius 3 is 2.61 bits per heavy atom. The molecule has 11 heteroatoms. The molecule has 0 spiro atoms. The fourth-order valence-corrected chi connectivity index (χ4v) is 5.26. The summed E-state index contributed by atoms with van der Waals surface area (Å²) in [5, 5.41) is 11.6. The Hall–Kier alpha value is -3.57. The van der Waals surface area contributed by atoms with E-state index in [1.165, 1.54) is 34.8 Å². The second-order valence-electron chi connectivity index (χ2n) is 6.85. The molecular weight excluding hydrogens is 466 g/mol. The van der Waals surface area contributed by atoms with Crippen LogP contribution in [0.4, 0.5) is 5.69 Å². The third kappa shape index (κ3) is 4.78. The topological polar surface area (TPSA) is 113 Å². The van der Waals surface area contributed by atoms with Gasteiger partial charge in [-0.2, -0.15) is 4.99 Å². The van der Waals surface area contributed by atoms with Gasteiger partial charge in [-0.25, -0.2) is 0 Å². The molecular formula is C22H19N3O6S2. The molecule has 33 heavy (non-hydrogen) atoms. The Kier molecular flexibility index (Phi) is 6.52. The van der Waals surface area contributed by atoms with Gasteiger partial charge in [0.15, 0.2) is 4.80 Å². The van der Waals surface area contributed by atoms with Crippen molar-refractivity contribution in [3.8, 4) is 5.75 Å². The van der Waals surface area contributed by atoms with Crippen LogP contribution < -0.4 is 9.54 Å². The number of nitro groups is 1. The molecule has 0 saturated carbocycles. The first-order chi connectivity index (χ1) is 15.9. The lowest BCUT2D eigenvalue weighted by Crippen LogP contribution is -2.23. The largest absolute Gasteiger partial charge is 0.494 e. The third-order valence-corrected chi connectivity index (χ3v) is 6.82. The zero-order chi connectivity index (χ0) is 23.5. The van der Waals surface area contributed by atoms with Crippen molar-refractivity contribution in [2.24, 2.45) is 4.99 Å². The van der Waals surface area contributed by atoms with E-state index >= 15 is 0 Å². The summed E-state index contributed by atoms with van der Waals surface area (Å²) in [6.07, 6.45) is 0. The van der Waals surface area contributed by atoms with Gasteiger partial charge in [-0.1, -0.05) is 11.3 Å². The minimum atomic E-state index is -0.493. The summed E-state index contributed by atoms with van der Waals surface area (Å²) >= 11 is 2.47. The quantitative estimate of drug-likeness (QED) is 0.216. The molecule has 4 rings (SSSR count). The van der Waals surface area contributed by atoms with Gasteiger partial charge in [-0.05, 0) is 44.2 Å². The summed E-state index contributed by atoms with van der Waals surface area (Å²) in [7, 11) is 0. The van der Waals surface area contributed by atoms with E-state index in [1.54, 1.807) is 29.7 Å². The number of hydrogen-bond acceptors (Lipinski definition) is 8. The number of ether oxygens (including phenoxy) is 2. The van der Waals surface area contributed by atoms with E-state index in [4.69, 9.17) is 9.47 Å². The summed E-state index contributed by atoms with van der Waals surface area (Å²) in [6.45, 7) is 4.28. The van der Waals surface area contributed by atoms with Crippen molar-refractivity contribution in [3.63, 3.8) is 0 Å². The fourth-order valence-electron chi connectivity index (χ4n) is 3.28. The number of aromatic nitrogens is 1. The first-order valence-corrected chi connectivity index (χ1v) is 11.7. The SMILES string of the molecule is CCOC(=O)Cn1c(=NC(=O)c2cc3cc([N+](=O)[O-])ccc3s2)sc2cc(OCC)ccc21. The molecule has 0 bridgehead atoms. The van der Waals surface area contributed by atoms with E-state index in [0.29, 0.717) is 27.4 Å². The Morgan fingerprint density at radius 1 is 1.06 bits per heavy atom. The Bertz CT molecular complexity index is 1450. The van der Waals surface area contributed by atoms with Gasteiger partial charge in [0.25, 0.3) is 11.6 Å². The average Bonchev–Trinajstić information content (AvgIpc) is 3.35. The van der Waals surface area contributed by atoms with Crippen molar-refractivity contribution >= 4 is 60.5 Å². The van der Waals surface area contributed by atoms with E-state index in [2.05, 4.69) is 4.99 Å². The van der Waals surface area contributed by atoms with Crippen LogP contribution in [0, 0.1) is 10.1 Å². The molecule has 2 aromatic carbocycles. The first kappa shape index (κ1) is 22.6. The fraction of sp³-hybridized carbons (Fsp3) is 0.227. The predicted octanol–water partition coefficient (Wildman–Crippen LogP) is 4.53. The number of hydrogen-bond donors (Lipinski definition) is 0. The molecule has 2 heterocycles. The van der Waals surface area contributed by atoms with Crippen molar-refractivity contribution in [2.45, 2.75) is 20.4 Å². The van der Waals surface area contributed by atoms with E-state index < -0.39 is 16.8 Å². The van der Waals surface area contributed by atoms with Crippen LogP contribution in [0.5, 0.6) is 5.75 Å². The van der Waals surface area contributed by atoms with Crippen LogP contribution in [0.2, 0.25) is 0 Å². The molecule has 1 amide bonds. The highest BCUT2D eigenvalue weighted by molar-refractivity contribution is 7.21. The normalized spacial score (nSPS) is 11.8. The molecule has 0 atom stereocenters. The lowest BCUT2D eigenvalue weighted by atomic mass is 10.2. The molecule has 0 fully saturated rings. The summed E-state index contributed by atoms with van der Waals surface area (Å²) in [5.74, 6) is -0.249. The monoisotopic (exact) mass is 485 g/mol. The molecule has 2 aromatic heterocycles. The van der Waals surface area contributed by atoms with Crippen LogP contribution >= 0.6 is 22.7 Å². The van der Waals surface area contributed by atoms with Gasteiger partial charge >= 0.3 is 5.97 Å². The van der Waals surface area contributed by atoms with Gasteiger partial charge < -0.3 is 14.0 Å². The van der Waals surface area contributed by atoms with Gasteiger partial charge in [0.2, 0.25) is 0 Å². The molecule has 0 aliphatic rings. The highest BCUT2D eigenvalue weighted by Gasteiger charge is 2.16. The van der Waals surface area contributed by atoms with Crippen LogP contribution in [0.3, 0.4) is 0 Å². The van der Waals surface area contributed by atoms with Crippen LogP contribution in [-0.2, 0) is 16.1 Å². The molecule has 170 valence electrons. The number of carbonyl (C=O) groups is 2. The molecule has 0 unspecified atom stereocenters. The number of carbonyl (C=O) groups excluding carboxylic acids is 2. The first-order valence-electron chi connectivity index (χ1n) is 10.1. The van der Waals surface area contributed by atoms with Gasteiger partial charge in [-0.15, -0.1) is 11.3 Å². The van der Waals surface area contributed by atoms with Crippen molar-refractivity contribution in [1.82, 2.24) is 4.57 Å². The Morgan fingerprint density at radius 2 is 1.88 bits per heavy atom. The van der Waals surface area contributed by atoms with Crippen LogP contribution in [0.25, 0.3) is 20.3 Å². The summed E-state index contributed by atoms with van der Waals surface area (Å²) in [4.78, 5) is 40.7. The maximum atomic E-state index is 13.0. The standard InChI is InChI=1S/C22H19N3O6S2/c1-3-30-15-6-7-16-18(11-15)33-22(24(16)12-20(26)31-4-2)23-21(27)19-10-13-9-14(25(28)29)5-8-17(13)32-19/h5-11H,3-4,12H2,1-2H3. The molecule has 0 saturated heterocycles. The van der Waals surface area contributed by atoms with E-state index in [-0.39, 0.29) is 18.8 Å². The van der Waals surface area contributed by atoms with E-state index in [9.17, 15) is 19.7 Å². The van der Waals surface area contributed by atoms with E-state index in [1.807, 2.05) is 19.1 Å². The number of esters is 1. The van der Waals surface area contributed by atoms with Crippen molar-refractivity contribution < 1.29 is 24.0 Å². The van der Waals surface area contributed by atoms with Crippen LogP contribution in [0.15, 0.2) is 47.5 Å². The second-order valence-corrected chi connectivity index (χ2v) is 8.94. The summed E-state index contributed by atoms with van der Waals surface area (Å²) < 4.78 is 13.8. The molecule has 0 aliphatic carbocycles. The Labute approximate surface area is 195 Å². The molecule has 0 N–H and O–H groups in total. The zero-order valence-corrected chi connectivity index (χ0v) is 19.4. The molecule has 0 aliphatic heterocycles. The second kappa shape index (κ2) is 9.51. The summed E-state index contributed by atoms with van der Waals surface area (Å²) in [5.41, 5.74) is 0.688. The number of non-ortho nitro benzene ring substituents is 1. The lowest BCUT2D eigenvalue weighted by molar-refractivity contribution is -0.384. The highest BCUT2D eigenvalue weighted by Crippen LogP contribution is 2.29. The number of rotatable bonds is 7. The summed E-state index contributed by atoms with van der Waals surface area (Å²) in [6, 6.07) is 11.5. The number of thiazole rings is 1. The average molecular weight is 486 g/mol. The van der Waals surface area contributed by atoms with Crippen molar-refractivity contribution in [3.05, 3.63) is 62.3 Å². The van der Waals surface area contributed by atoms with Gasteiger partial charge in [-0.3, -0.25) is 19.7 Å². The minimum Gasteiger partial charge on any atom is -0.494 e. The van der Waals surface area contributed by atoms with Gasteiger partial charge in [0.05, 0.1) is 33.2 Å². The number of thiophene rings is 1. The smallest absolute Gasteiger partial charge is 0.326 e. The van der Waals surface area contributed by atoms with Gasteiger partial charge in [0, 0.05) is 22.2 Å². The maximum absolute atomic E-state index is 13.0. The number of nitrogens with zero attached hydrogens (tertiary/aromatic N) is 3. The number of amides is 1. The minimum absolute atomic E-state index is 0.0434. The molecule has 4 aromatic rings. The third-order valence-electron chi connectivity index (χ3n) is 4.68. The Balaban J connectivity index is 1.78. The zero-order valence-electron chi connectivity index (χ0n) is 17.8. The highest BCUT2D eigenvalue weighted by atomic mass is 32.1. The lowest BCUT2D eigenvalue weighted by Gasteiger charge is -2.06. The van der Waals surface area contributed by atoms with Crippen LogP contribution in [0.1, 0.15) is 23.5 Å².